The molecule has 0 amide bonds. The molecule has 4 heteroatoms. The zero-order valence-corrected chi connectivity index (χ0v) is 9.24. The molecule has 0 unspecified atom stereocenters. The zero-order chi connectivity index (χ0) is 9.54. The Labute approximate surface area is 90.3 Å². The van der Waals surface area contributed by atoms with E-state index in [1.807, 2.05) is 6.07 Å². The Morgan fingerprint density at radius 3 is 3.00 bits per heavy atom. The van der Waals surface area contributed by atoms with Crippen molar-refractivity contribution in [3.63, 3.8) is 0 Å². The van der Waals surface area contributed by atoms with E-state index >= 15 is 0 Å². The molecule has 0 bridgehead atoms. The minimum Gasteiger partial charge on any atom is -0.259 e. The number of pyridine rings is 1. The van der Waals surface area contributed by atoms with Crippen molar-refractivity contribution in [3.8, 4) is 0 Å². The van der Waals surface area contributed by atoms with Crippen LogP contribution in [0.1, 0.15) is 25.3 Å². The highest BCUT2D eigenvalue weighted by Gasteiger charge is 2.23. The normalized spacial score (nSPS) is 17.2. The standard InChI is InChI=1S/C10H10BrN3/c11-10-9-8(5-2-6-12-9)14(13-10)7-3-1-4-7/h2,5-7H,1,3-4H2. The van der Waals surface area contributed by atoms with Crippen LogP contribution in [0.4, 0.5) is 0 Å². The van der Waals surface area contributed by atoms with E-state index in [-0.39, 0.29) is 0 Å². The van der Waals surface area contributed by atoms with Crippen LogP contribution in [0.5, 0.6) is 0 Å². The van der Waals surface area contributed by atoms with Crippen LogP contribution >= 0.6 is 15.9 Å². The average molecular weight is 252 g/mol. The summed E-state index contributed by atoms with van der Waals surface area (Å²) in [4.78, 5) is 4.31. The maximum Gasteiger partial charge on any atom is 0.154 e. The van der Waals surface area contributed by atoms with E-state index in [0.29, 0.717) is 6.04 Å². The van der Waals surface area contributed by atoms with Crippen molar-refractivity contribution in [1.82, 2.24) is 14.8 Å². The maximum absolute atomic E-state index is 4.48. The van der Waals surface area contributed by atoms with Crippen LogP contribution in [-0.4, -0.2) is 14.8 Å². The molecule has 1 aliphatic carbocycles. The average Bonchev–Trinajstić information content (AvgIpc) is 2.43. The quantitative estimate of drug-likeness (QED) is 0.781. The molecule has 0 spiro atoms. The summed E-state index contributed by atoms with van der Waals surface area (Å²) < 4.78 is 2.97. The van der Waals surface area contributed by atoms with Crippen LogP contribution in [0, 0.1) is 0 Å². The van der Waals surface area contributed by atoms with Crippen LogP contribution in [0.2, 0.25) is 0 Å². The summed E-state index contributed by atoms with van der Waals surface area (Å²) in [6.07, 6.45) is 5.63. The Kier molecular flexibility index (Phi) is 1.83. The number of rotatable bonds is 1. The van der Waals surface area contributed by atoms with Crippen molar-refractivity contribution in [2.45, 2.75) is 25.3 Å². The first-order chi connectivity index (χ1) is 6.86. The van der Waals surface area contributed by atoms with Crippen molar-refractivity contribution >= 4 is 27.0 Å². The van der Waals surface area contributed by atoms with Gasteiger partial charge in [0.05, 0.1) is 11.6 Å². The second kappa shape index (κ2) is 3.05. The summed E-state index contributed by atoms with van der Waals surface area (Å²) in [6.45, 7) is 0. The largest absolute Gasteiger partial charge is 0.259 e. The molecule has 1 saturated carbocycles. The predicted molar refractivity (Wildman–Crippen MR) is 58.1 cm³/mol. The van der Waals surface area contributed by atoms with Gasteiger partial charge in [-0.2, -0.15) is 5.10 Å². The fourth-order valence-electron chi connectivity index (χ4n) is 1.85. The van der Waals surface area contributed by atoms with Crippen molar-refractivity contribution in [2.75, 3.05) is 0 Å². The molecule has 14 heavy (non-hydrogen) atoms. The molecule has 2 aromatic rings. The van der Waals surface area contributed by atoms with Gasteiger partial charge in [-0.15, -0.1) is 0 Å². The molecule has 0 atom stereocenters. The Bertz CT molecular complexity index is 473. The minimum absolute atomic E-state index is 0.591. The molecule has 2 aromatic heterocycles. The summed E-state index contributed by atoms with van der Waals surface area (Å²) in [5.41, 5.74) is 2.11. The molecule has 3 nitrogen and oxygen atoms in total. The fourth-order valence-corrected chi connectivity index (χ4v) is 2.32. The summed E-state index contributed by atoms with van der Waals surface area (Å²) in [5, 5.41) is 4.48. The van der Waals surface area contributed by atoms with Crippen LogP contribution in [0.15, 0.2) is 22.9 Å². The fraction of sp³-hybridized carbons (Fsp3) is 0.400. The van der Waals surface area contributed by atoms with E-state index in [0.717, 1.165) is 15.6 Å². The van der Waals surface area contributed by atoms with E-state index in [2.05, 4.69) is 36.8 Å². The number of hydrogen-bond donors (Lipinski definition) is 0. The van der Waals surface area contributed by atoms with Gasteiger partial charge >= 0.3 is 0 Å². The molecule has 1 fully saturated rings. The zero-order valence-electron chi connectivity index (χ0n) is 7.65. The molecule has 0 saturated heterocycles. The number of hydrogen-bond acceptors (Lipinski definition) is 2. The number of fused-ring (bicyclic) bond motifs is 1. The first kappa shape index (κ1) is 8.41. The molecule has 2 heterocycles. The minimum atomic E-state index is 0.591. The monoisotopic (exact) mass is 251 g/mol. The molecule has 72 valence electrons. The van der Waals surface area contributed by atoms with Gasteiger partial charge < -0.3 is 0 Å². The Hall–Kier alpha value is -0.900. The third kappa shape index (κ3) is 1.10. The van der Waals surface area contributed by atoms with E-state index in [4.69, 9.17) is 0 Å². The van der Waals surface area contributed by atoms with Gasteiger partial charge in [0.1, 0.15) is 5.52 Å². The molecule has 0 aliphatic heterocycles. The lowest BCUT2D eigenvalue weighted by Gasteiger charge is -2.26. The van der Waals surface area contributed by atoms with Crippen molar-refractivity contribution < 1.29 is 0 Å². The van der Waals surface area contributed by atoms with Gasteiger partial charge in [0, 0.05) is 6.20 Å². The molecule has 0 radical (unpaired) electrons. The van der Waals surface area contributed by atoms with Gasteiger partial charge in [0.2, 0.25) is 0 Å². The second-order valence-corrected chi connectivity index (χ2v) is 4.44. The van der Waals surface area contributed by atoms with E-state index < -0.39 is 0 Å². The van der Waals surface area contributed by atoms with Crippen LogP contribution in [0.25, 0.3) is 11.0 Å². The third-order valence-electron chi connectivity index (χ3n) is 2.84. The molecule has 0 aromatic carbocycles. The molecular formula is C10H10BrN3. The first-order valence-corrected chi connectivity index (χ1v) is 5.64. The Morgan fingerprint density at radius 1 is 1.43 bits per heavy atom. The Balaban J connectivity index is 2.23. The first-order valence-electron chi connectivity index (χ1n) is 4.85. The van der Waals surface area contributed by atoms with Gasteiger partial charge in [0.25, 0.3) is 0 Å². The highest BCUT2D eigenvalue weighted by atomic mass is 79.9. The van der Waals surface area contributed by atoms with Gasteiger partial charge in [-0.1, -0.05) is 0 Å². The Morgan fingerprint density at radius 2 is 2.29 bits per heavy atom. The number of halogens is 1. The summed E-state index contributed by atoms with van der Waals surface area (Å²) >= 11 is 3.44. The maximum atomic E-state index is 4.48. The second-order valence-electron chi connectivity index (χ2n) is 3.69. The summed E-state index contributed by atoms with van der Waals surface area (Å²) in [5.74, 6) is 0. The van der Waals surface area contributed by atoms with E-state index in [1.54, 1.807) is 6.20 Å². The lowest BCUT2D eigenvalue weighted by atomic mass is 9.93. The van der Waals surface area contributed by atoms with Crippen molar-refractivity contribution in [1.29, 1.82) is 0 Å². The van der Waals surface area contributed by atoms with E-state index in [1.165, 1.54) is 19.3 Å². The summed E-state index contributed by atoms with van der Waals surface area (Å²) in [7, 11) is 0. The van der Waals surface area contributed by atoms with Crippen LogP contribution in [-0.2, 0) is 0 Å². The van der Waals surface area contributed by atoms with Crippen LogP contribution < -0.4 is 0 Å². The highest BCUT2D eigenvalue weighted by Crippen LogP contribution is 2.34. The van der Waals surface area contributed by atoms with Crippen molar-refractivity contribution in [2.24, 2.45) is 0 Å². The van der Waals surface area contributed by atoms with Gasteiger partial charge in [-0.25, -0.2) is 0 Å². The lowest BCUT2D eigenvalue weighted by molar-refractivity contribution is 0.296. The van der Waals surface area contributed by atoms with Gasteiger partial charge in [-0.05, 0) is 47.3 Å². The highest BCUT2D eigenvalue weighted by molar-refractivity contribution is 9.10. The third-order valence-corrected chi connectivity index (χ3v) is 3.38. The SMILES string of the molecule is Brc1nn(C2CCC2)c2cccnc12. The molecule has 3 rings (SSSR count). The predicted octanol–water partition coefficient (Wildman–Crippen LogP) is 2.92. The summed E-state index contributed by atoms with van der Waals surface area (Å²) in [6, 6.07) is 4.64. The lowest BCUT2D eigenvalue weighted by Crippen LogP contribution is -2.17. The van der Waals surface area contributed by atoms with Gasteiger partial charge in [0.15, 0.2) is 4.60 Å². The van der Waals surface area contributed by atoms with Crippen LogP contribution in [0.3, 0.4) is 0 Å². The number of nitrogens with zero attached hydrogens (tertiary/aromatic N) is 3. The van der Waals surface area contributed by atoms with Gasteiger partial charge in [-0.3, -0.25) is 9.67 Å². The van der Waals surface area contributed by atoms with Crippen molar-refractivity contribution in [3.05, 3.63) is 22.9 Å². The topological polar surface area (TPSA) is 30.7 Å². The molecule has 1 aliphatic rings. The molecule has 0 N–H and O–H groups in total. The van der Waals surface area contributed by atoms with E-state index in [9.17, 15) is 0 Å². The smallest absolute Gasteiger partial charge is 0.154 e. The molecular weight excluding hydrogens is 242 g/mol. The number of aromatic nitrogens is 3.